The van der Waals surface area contributed by atoms with Crippen molar-refractivity contribution in [2.45, 2.75) is 0 Å². The molecule has 18 heavy (non-hydrogen) atoms. The molecule has 0 fully saturated rings. The first kappa shape index (κ1) is 9.16. The van der Waals surface area contributed by atoms with Gasteiger partial charge in [-0.25, -0.2) is 9.97 Å². The highest BCUT2D eigenvalue weighted by molar-refractivity contribution is 5.89. The summed E-state index contributed by atoms with van der Waals surface area (Å²) >= 11 is 0. The summed E-state index contributed by atoms with van der Waals surface area (Å²) in [6.45, 7) is 0. The first-order valence-electron chi connectivity index (χ1n) is 5.21. The fourth-order valence-corrected chi connectivity index (χ4v) is 2.04. The maximum atomic E-state index is 11.2. The average molecular weight is 240 g/mol. The van der Waals surface area contributed by atoms with Crippen LogP contribution >= 0.6 is 0 Å². The fourth-order valence-electron chi connectivity index (χ4n) is 2.04. The van der Waals surface area contributed by atoms with Crippen molar-refractivity contribution in [2.24, 2.45) is 0 Å². The van der Waals surface area contributed by atoms with Crippen LogP contribution in [-0.4, -0.2) is 36.0 Å². The highest BCUT2D eigenvalue weighted by atomic mass is 16.1. The molecular formula is C10H6N7O+. The summed E-state index contributed by atoms with van der Waals surface area (Å²) in [5, 5.41) is 2.98. The Morgan fingerprint density at radius 3 is 2.61 bits per heavy atom. The summed E-state index contributed by atoms with van der Waals surface area (Å²) in [6.07, 6.45) is 7.00. The Morgan fingerprint density at radius 1 is 1.06 bits per heavy atom. The first-order chi connectivity index (χ1) is 8.90. The lowest BCUT2D eigenvalue weighted by molar-refractivity contribution is -0.570. The zero-order chi connectivity index (χ0) is 12.1. The van der Waals surface area contributed by atoms with Gasteiger partial charge in [-0.15, -0.1) is 19.1 Å². The lowest BCUT2D eigenvalue weighted by Gasteiger charge is -1.83. The third-order valence-corrected chi connectivity index (χ3v) is 2.75. The van der Waals surface area contributed by atoms with E-state index in [4.69, 9.17) is 0 Å². The minimum Gasteiger partial charge on any atom is -0.296 e. The number of carbonyl (C=O) groups is 1. The predicted molar refractivity (Wildman–Crippen MR) is 59.0 cm³/mol. The minimum absolute atomic E-state index is 0.387. The van der Waals surface area contributed by atoms with Crippen LogP contribution in [0.1, 0.15) is 10.5 Å². The van der Waals surface area contributed by atoms with E-state index in [9.17, 15) is 4.79 Å². The SMILES string of the molecule is O=Cc1c2nccnc2[n+]2c3nccnc3[nH]n12. The first-order valence-corrected chi connectivity index (χ1v) is 5.21. The molecule has 0 atom stereocenters. The van der Waals surface area contributed by atoms with Crippen LogP contribution in [-0.2, 0) is 0 Å². The van der Waals surface area contributed by atoms with Gasteiger partial charge in [-0.3, -0.25) is 4.79 Å². The molecule has 1 N–H and O–H groups in total. The van der Waals surface area contributed by atoms with Crippen LogP contribution in [0.5, 0.6) is 0 Å². The van der Waals surface area contributed by atoms with E-state index in [0.717, 1.165) is 6.29 Å². The number of H-pyrrole nitrogens is 1. The molecule has 0 aromatic carbocycles. The topological polar surface area (TPSA) is 92.9 Å². The Hall–Kier alpha value is -2.90. The Kier molecular flexibility index (Phi) is 1.56. The van der Waals surface area contributed by atoms with Gasteiger partial charge >= 0.3 is 5.65 Å². The number of nitrogens with one attached hydrogen (secondary N) is 1. The summed E-state index contributed by atoms with van der Waals surface area (Å²) in [6, 6.07) is 0. The molecular weight excluding hydrogens is 234 g/mol. The molecule has 4 rings (SSSR count). The molecule has 0 bridgehead atoms. The van der Waals surface area contributed by atoms with E-state index < -0.39 is 0 Å². The number of rotatable bonds is 1. The van der Waals surface area contributed by atoms with Crippen molar-refractivity contribution in [3.8, 4) is 0 Å². The molecule has 4 aromatic heterocycles. The second-order valence-corrected chi connectivity index (χ2v) is 3.70. The quantitative estimate of drug-likeness (QED) is 0.359. The van der Waals surface area contributed by atoms with Gasteiger partial charge in [0.2, 0.25) is 0 Å². The third-order valence-electron chi connectivity index (χ3n) is 2.75. The minimum atomic E-state index is 0.387. The predicted octanol–water partition coefficient (Wildman–Crippen LogP) is -0.448. The van der Waals surface area contributed by atoms with E-state index in [2.05, 4.69) is 25.0 Å². The summed E-state index contributed by atoms with van der Waals surface area (Å²) < 4.78 is 3.22. The summed E-state index contributed by atoms with van der Waals surface area (Å²) in [5.41, 5.74) is 2.64. The van der Waals surface area contributed by atoms with E-state index >= 15 is 0 Å². The molecule has 4 aromatic rings. The van der Waals surface area contributed by atoms with Crippen molar-refractivity contribution in [1.82, 2.24) is 29.7 Å². The van der Waals surface area contributed by atoms with Crippen LogP contribution in [0.2, 0.25) is 0 Å². The molecule has 0 aliphatic heterocycles. The third kappa shape index (κ3) is 0.943. The fraction of sp³-hybridized carbons (Fsp3) is 0. The van der Waals surface area contributed by atoms with E-state index in [1.807, 2.05) is 0 Å². The van der Waals surface area contributed by atoms with Gasteiger partial charge in [0.05, 0.1) is 12.4 Å². The number of nitrogens with zero attached hydrogens (tertiary/aromatic N) is 6. The molecule has 0 saturated heterocycles. The molecule has 4 heterocycles. The number of aromatic nitrogens is 7. The van der Waals surface area contributed by atoms with Crippen LogP contribution in [0.4, 0.5) is 0 Å². The standard InChI is InChI=1S/C10H5N7O/c18-5-6-7-9(13-3-1-11-7)16-10-8(15-17(6)16)12-2-4-14-10/h1-5H/p+1. The molecule has 0 saturated carbocycles. The maximum absolute atomic E-state index is 11.2. The second kappa shape index (κ2) is 3.06. The highest BCUT2D eigenvalue weighted by Gasteiger charge is 2.23. The van der Waals surface area contributed by atoms with E-state index in [0.29, 0.717) is 28.2 Å². The van der Waals surface area contributed by atoms with Gasteiger partial charge in [0.25, 0.3) is 11.3 Å². The molecule has 0 aliphatic carbocycles. The van der Waals surface area contributed by atoms with Gasteiger partial charge in [0.1, 0.15) is 12.4 Å². The Morgan fingerprint density at radius 2 is 1.78 bits per heavy atom. The van der Waals surface area contributed by atoms with Crippen molar-refractivity contribution in [3.63, 3.8) is 0 Å². The van der Waals surface area contributed by atoms with Gasteiger partial charge in [-0.1, -0.05) is 0 Å². The molecule has 0 spiro atoms. The van der Waals surface area contributed by atoms with Gasteiger partial charge < -0.3 is 0 Å². The lowest BCUT2D eigenvalue weighted by atomic mass is 10.4. The van der Waals surface area contributed by atoms with Gasteiger partial charge in [-0.2, -0.15) is 5.10 Å². The number of hydrogen-bond donors (Lipinski definition) is 1. The summed E-state index contributed by atoms with van der Waals surface area (Å²) in [4.78, 5) is 28.0. The van der Waals surface area contributed by atoms with E-state index in [1.54, 1.807) is 33.9 Å². The summed E-state index contributed by atoms with van der Waals surface area (Å²) in [7, 11) is 0. The molecule has 0 amide bonds. The molecule has 8 heteroatoms. The van der Waals surface area contributed by atoms with Crippen LogP contribution in [0.15, 0.2) is 24.8 Å². The lowest BCUT2D eigenvalue weighted by Crippen LogP contribution is -2.28. The number of hydrogen-bond acceptors (Lipinski definition) is 5. The number of fused-ring (bicyclic) bond motifs is 5. The van der Waals surface area contributed by atoms with Gasteiger partial charge in [0.15, 0.2) is 17.5 Å². The summed E-state index contributed by atoms with van der Waals surface area (Å²) in [5.74, 6) is 0. The van der Waals surface area contributed by atoms with Crippen molar-refractivity contribution in [1.29, 1.82) is 0 Å². The highest BCUT2D eigenvalue weighted by Crippen LogP contribution is 2.11. The van der Waals surface area contributed by atoms with E-state index in [1.165, 1.54) is 0 Å². The molecule has 0 radical (unpaired) electrons. The number of aromatic amines is 1. The molecule has 8 nitrogen and oxygen atoms in total. The van der Waals surface area contributed by atoms with Gasteiger partial charge in [0, 0.05) is 0 Å². The van der Waals surface area contributed by atoms with E-state index in [-0.39, 0.29) is 0 Å². The average Bonchev–Trinajstić information content (AvgIpc) is 2.92. The van der Waals surface area contributed by atoms with Gasteiger partial charge in [-0.05, 0) is 0 Å². The smallest absolute Gasteiger partial charge is 0.296 e. The van der Waals surface area contributed by atoms with Crippen molar-refractivity contribution in [3.05, 3.63) is 30.5 Å². The van der Waals surface area contributed by atoms with Crippen LogP contribution in [0.25, 0.3) is 22.5 Å². The second-order valence-electron chi connectivity index (χ2n) is 3.70. The van der Waals surface area contributed by atoms with Crippen LogP contribution in [0.3, 0.4) is 0 Å². The largest absolute Gasteiger partial charge is 0.312 e. The van der Waals surface area contributed by atoms with Crippen molar-refractivity contribution < 1.29 is 9.31 Å². The van der Waals surface area contributed by atoms with Crippen LogP contribution in [0, 0.1) is 0 Å². The zero-order valence-corrected chi connectivity index (χ0v) is 8.98. The monoisotopic (exact) mass is 240 g/mol. The molecule has 86 valence electrons. The van der Waals surface area contributed by atoms with Crippen molar-refractivity contribution in [2.75, 3.05) is 0 Å². The van der Waals surface area contributed by atoms with Crippen LogP contribution < -0.4 is 4.52 Å². The number of aldehydes is 1. The Labute approximate surface area is 98.9 Å². The molecule has 0 unspecified atom stereocenters. The zero-order valence-electron chi connectivity index (χ0n) is 8.98. The Balaban J connectivity index is 2.40. The molecule has 0 aliphatic rings. The maximum Gasteiger partial charge on any atom is 0.312 e. The Bertz CT molecular complexity index is 906. The van der Waals surface area contributed by atoms with Crippen molar-refractivity contribution >= 4 is 28.7 Å². The normalized spacial score (nSPS) is 11.6. The number of carbonyl (C=O) groups excluding carboxylic acids is 1.